The van der Waals surface area contributed by atoms with E-state index in [9.17, 15) is 9.59 Å². The molecule has 31 heavy (non-hydrogen) atoms. The van der Waals surface area contributed by atoms with Crippen molar-refractivity contribution in [1.29, 1.82) is 0 Å². The monoisotopic (exact) mass is 435 g/mol. The van der Waals surface area contributed by atoms with Crippen LogP contribution >= 0.6 is 11.8 Å². The summed E-state index contributed by atoms with van der Waals surface area (Å²) in [6.07, 6.45) is 2.43. The fraction of sp³-hybridized carbons (Fsp3) is 0.481. The molecule has 0 saturated carbocycles. The molecule has 0 spiro atoms. The average Bonchev–Trinajstić information content (AvgIpc) is 3.04. The van der Waals surface area contributed by atoms with Crippen LogP contribution in [-0.2, 0) is 27.6 Å². The highest BCUT2D eigenvalue weighted by Crippen LogP contribution is 2.47. The summed E-state index contributed by atoms with van der Waals surface area (Å²) in [5, 5.41) is -0.144. The van der Waals surface area contributed by atoms with Gasteiger partial charge in [0.05, 0.1) is 12.3 Å². The molecule has 4 rings (SSSR count). The first-order valence-corrected chi connectivity index (χ1v) is 12.1. The molecule has 0 bridgehead atoms. The highest BCUT2D eigenvalue weighted by atomic mass is 32.2. The summed E-state index contributed by atoms with van der Waals surface area (Å²) < 4.78 is 0. The molecular weight excluding hydrogens is 402 g/mol. The lowest BCUT2D eigenvalue weighted by atomic mass is 9.62. The topological polar surface area (TPSA) is 37.4 Å². The quantitative estimate of drug-likeness (QED) is 0.546. The van der Waals surface area contributed by atoms with E-state index < -0.39 is 0 Å². The van der Waals surface area contributed by atoms with Crippen molar-refractivity contribution in [2.75, 3.05) is 5.75 Å². The molecule has 1 aliphatic carbocycles. The number of carbonyl (C=O) groups is 2. The third kappa shape index (κ3) is 3.95. The van der Waals surface area contributed by atoms with Gasteiger partial charge in [-0.1, -0.05) is 95.8 Å². The van der Waals surface area contributed by atoms with Crippen LogP contribution in [-0.4, -0.2) is 21.8 Å². The van der Waals surface area contributed by atoms with Gasteiger partial charge in [-0.3, -0.25) is 14.5 Å². The van der Waals surface area contributed by atoms with Gasteiger partial charge in [0, 0.05) is 5.41 Å². The van der Waals surface area contributed by atoms with Crippen LogP contribution in [0.4, 0.5) is 4.79 Å². The summed E-state index contributed by atoms with van der Waals surface area (Å²) in [5.41, 5.74) is 6.78. The highest BCUT2D eigenvalue weighted by Gasteiger charge is 2.38. The van der Waals surface area contributed by atoms with Gasteiger partial charge in [0.2, 0.25) is 5.91 Å². The van der Waals surface area contributed by atoms with Crippen molar-refractivity contribution >= 4 is 22.9 Å². The third-order valence-corrected chi connectivity index (χ3v) is 8.29. The molecule has 0 N–H and O–H groups in total. The van der Waals surface area contributed by atoms with Crippen LogP contribution in [0.5, 0.6) is 0 Å². The normalized spacial score (nSPS) is 20.1. The van der Waals surface area contributed by atoms with Crippen molar-refractivity contribution in [3.8, 4) is 0 Å². The van der Waals surface area contributed by atoms with Gasteiger partial charge >= 0.3 is 0 Å². The second kappa shape index (κ2) is 7.51. The number of benzene rings is 2. The van der Waals surface area contributed by atoms with E-state index in [-0.39, 0.29) is 33.1 Å². The van der Waals surface area contributed by atoms with Crippen LogP contribution in [0.15, 0.2) is 42.5 Å². The zero-order valence-corrected chi connectivity index (χ0v) is 20.4. The number of nitrogens with zero attached hydrogens (tertiary/aromatic N) is 1. The Hall–Kier alpha value is -2.07. The minimum atomic E-state index is -0.144. The van der Waals surface area contributed by atoms with Gasteiger partial charge in [0.15, 0.2) is 0 Å². The van der Waals surface area contributed by atoms with E-state index in [4.69, 9.17) is 0 Å². The fourth-order valence-electron chi connectivity index (χ4n) is 4.89. The van der Waals surface area contributed by atoms with Crippen molar-refractivity contribution in [3.63, 3.8) is 0 Å². The first-order chi connectivity index (χ1) is 14.4. The number of hydrogen-bond acceptors (Lipinski definition) is 3. The fourth-order valence-corrected chi connectivity index (χ4v) is 5.61. The number of rotatable bonds is 4. The van der Waals surface area contributed by atoms with E-state index in [0.29, 0.717) is 6.54 Å². The molecule has 3 nitrogen and oxygen atoms in total. The van der Waals surface area contributed by atoms with Gasteiger partial charge in [-0.2, -0.15) is 0 Å². The molecule has 0 radical (unpaired) electrons. The molecule has 0 aromatic heterocycles. The van der Waals surface area contributed by atoms with E-state index in [0.717, 1.165) is 17.3 Å². The average molecular weight is 436 g/mol. The summed E-state index contributed by atoms with van der Waals surface area (Å²) >= 11 is 1.09. The maximum atomic E-state index is 11.9. The largest absolute Gasteiger partial charge is 0.289 e. The Bertz CT molecular complexity index is 1020. The van der Waals surface area contributed by atoms with Crippen LogP contribution in [0.3, 0.4) is 0 Å². The SMILES string of the molecule is CC1(C)CCC(C)(C)c2cc(C(C)(C)c3ccc(CN4C(=O)CSC4=O)cc3)ccc21. The molecule has 1 saturated heterocycles. The van der Waals surface area contributed by atoms with Crippen LogP contribution in [0.25, 0.3) is 0 Å². The number of carbonyl (C=O) groups excluding carboxylic acids is 2. The van der Waals surface area contributed by atoms with Gasteiger partial charge < -0.3 is 0 Å². The second-order valence-corrected chi connectivity index (χ2v) is 11.8. The Morgan fingerprint density at radius 3 is 2.03 bits per heavy atom. The molecule has 4 heteroatoms. The molecule has 2 aromatic carbocycles. The Morgan fingerprint density at radius 1 is 0.871 bits per heavy atom. The molecule has 2 aromatic rings. The maximum Gasteiger partial charge on any atom is 0.289 e. The lowest BCUT2D eigenvalue weighted by Gasteiger charge is -2.43. The van der Waals surface area contributed by atoms with Crippen molar-refractivity contribution in [2.24, 2.45) is 0 Å². The van der Waals surface area contributed by atoms with Crippen LogP contribution < -0.4 is 0 Å². The lowest BCUT2D eigenvalue weighted by Crippen LogP contribution is -2.34. The van der Waals surface area contributed by atoms with Crippen molar-refractivity contribution in [2.45, 2.75) is 77.2 Å². The molecular formula is C27H33NO2S. The molecule has 164 valence electrons. The summed E-state index contributed by atoms with van der Waals surface area (Å²) in [4.78, 5) is 25.1. The number of imide groups is 1. The highest BCUT2D eigenvalue weighted by molar-refractivity contribution is 8.14. The zero-order chi connectivity index (χ0) is 22.6. The Labute approximate surface area is 190 Å². The van der Waals surface area contributed by atoms with Gasteiger partial charge in [-0.05, 0) is 51.5 Å². The summed E-state index contributed by atoms with van der Waals surface area (Å²) in [6, 6.07) is 15.5. The first kappa shape index (κ1) is 22.1. The number of fused-ring (bicyclic) bond motifs is 1. The molecule has 1 aliphatic heterocycles. The van der Waals surface area contributed by atoms with Gasteiger partial charge in [0.1, 0.15) is 0 Å². The summed E-state index contributed by atoms with van der Waals surface area (Å²) in [6.45, 7) is 14.4. The predicted octanol–water partition coefficient (Wildman–Crippen LogP) is 6.56. The lowest BCUT2D eigenvalue weighted by molar-refractivity contribution is -0.125. The van der Waals surface area contributed by atoms with Crippen LogP contribution in [0.1, 0.15) is 82.2 Å². The van der Waals surface area contributed by atoms with Gasteiger partial charge in [-0.25, -0.2) is 0 Å². The number of amides is 2. The molecule has 0 unspecified atom stereocenters. The van der Waals surface area contributed by atoms with E-state index in [1.165, 1.54) is 40.0 Å². The van der Waals surface area contributed by atoms with Crippen LogP contribution in [0, 0.1) is 0 Å². The van der Waals surface area contributed by atoms with Gasteiger partial charge in [0.25, 0.3) is 5.24 Å². The summed E-state index contributed by atoms with van der Waals surface area (Å²) in [5.74, 6) is 0.161. The molecule has 2 aliphatic rings. The number of hydrogen-bond donors (Lipinski definition) is 0. The summed E-state index contributed by atoms with van der Waals surface area (Å²) in [7, 11) is 0. The Morgan fingerprint density at radius 2 is 1.45 bits per heavy atom. The van der Waals surface area contributed by atoms with Crippen molar-refractivity contribution in [3.05, 3.63) is 70.3 Å². The van der Waals surface area contributed by atoms with E-state index in [2.05, 4.69) is 71.9 Å². The van der Waals surface area contributed by atoms with Crippen molar-refractivity contribution in [1.82, 2.24) is 4.90 Å². The van der Waals surface area contributed by atoms with E-state index in [1.807, 2.05) is 12.1 Å². The molecule has 2 amide bonds. The van der Waals surface area contributed by atoms with Crippen molar-refractivity contribution < 1.29 is 9.59 Å². The Kier molecular flexibility index (Phi) is 5.36. The minimum Gasteiger partial charge on any atom is -0.273 e. The van der Waals surface area contributed by atoms with E-state index in [1.54, 1.807) is 0 Å². The third-order valence-electron chi connectivity index (χ3n) is 7.43. The molecule has 0 atom stereocenters. The molecule has 1 heterocycles. The first-order valence-electron chi connectivity index (χ1n) is 11.1. The predicted molar refractivity (Wildman–Crippen MR) is 129 cm³/mol. The standard InChI is InChI=1S/C27H33NO2S/c1-25(2)13-14-26(3,4)22-15-20(11-12-21(22)25)27(5,6)19-9-7-18(8-10-19)16-28-23(29)17-31-24(28)30/h7-12,15H,13-14,16-17H2,1-6H3. The smallest absolute Gasteiger partial charge is 0.273 e. The van der Waals surface area contributed by atoms with E-state index >= 15 is 0 Å². The second-order valence-electron chi connectivity index (χ2n) is 10.9. The zero-order valence-electron chi connectivity index (χ0n) is 19.5. The number of thioether (sulfide) groups is 1. The maximum absolute atomic E-state index is 11.9. The van der Waals surface area contributed by atoms with Crippen LogP contribution in [0.2, 0.25) is 0 Å². The van der Waals surface area contributed by atoms with Gasteiger partial charge in [-0.15, -0.1) is 0 Å². The Balaban J connectivity index is 1.63. The molecule has 1 fully saturated rings. The minimum absolute atomic E-state index is 0.0981.